The Hall–Kier alpha value is -9.71. The van der Waals surface area contributed by atoms with Crippen molar-refractivity contribution in [2.24, 2.45) is 9.32 Å². The van der Waals surface area contributed by atoms with Gasteiger partial charge in [-0.1, -0.05) is 0 Å². The average Bonchev–Trinajstić information content (AvgIpc) is 1.25. The minimum atomic E-state index is -6.22. The number of hydrogen-bond donors (Lipinski definition) is 0. The first-order valence-electron chi connectivity index (χ1n) is 27.3. The molecule has 0 N–H and O–H groups in total. The van der Waals surface area contributed by atoms with Crippen LogP contribution in [0.2, 0.25) is 0 Å². The summed E-state index contributed by atoms with van der Waals surface area (Å²) in [6.45, 7) is 1.68. The fourth-order valence-corrected chi connectivity index (χ4v) is 27.5. The van der Waals surface area contributed by atoms with E-state index in [4.69, 9.17) is 105 Å². The number of methoxy groups -OCH3 is 4. The Labute approximate surface area is 517 Å². The van der Waals surface area contributed by atoms with Crippen molar-refractivity contribution in [3.05, 3.63) is 248 Å². The number of thiocyanates is 2. The first-order valence-corrected chi connectivity index (χ1v) is 34.2. The zero-order chi connectivity index (χ0) is 59.4. The Bertz CT molecular complexity index is 4110. The molecule has 6 heterocycles. The van der Waals surface area contributed by atoms with Crippen molar-refractivity contribution in [1.29, 1.82) is 0 Å². The van der Waals surface area contributed by atoms with Crippen LogP contribution in [-0.2, 0) is 25.3 Å². The zero-order valence-electron chi connectivity index (χ0n) is 46.8. The molecule has 86 heavy (non-hydrogen) atoms. The van der Waals surface area contributed by atoms with E-state index in [0.29, 0.717) is 72.2 Å². The number of hydrogen-bond acceptors (Lipinski definition) is 14. The number of rotatable bonds is 10. The van der Waals surface area contributed by atoms with Crippen LogP contribution in [0.15, 0.2) is 203 Å². The van der Waals surface area contributed by atoms with Crippen molar-refractivity contribution < 1.29 is 53.6 Å². The summed E-state index contributed by atoms with van der Waals surface area (Å²) < 4.78 is 79.9. The third-order valence-electron chi connectivity index (χ3n) is 17.0. The second-order valence-corrected chi connectivity index (χ2v) is 31.2. The summed E-state index contributed by atoms with van der Waals surface area (Å²) in [5.41, 5.74) is 10.1. The van der Waals surface area contributed by atoms with Gasteiger partial charge in [-0.2, -0.15) is 0 Å². The van der Waals surface area contributed by atoms with Crippen LogP contribution in [0.3, 0.4) is 0 Å². The standard InChI is InChI=1S/2C32H27N4O4S2Si/c2*1-37-25-13-15-27-29(19-25)39-43(33-21-41,34-22-42)35(31(27)23-9-5-3-6-10-23)17-18-36(43)32(24-11-7-4-8-12-24)28-16-14-26(38-2)20-30(28)40-43/h2*3-16,19-20,41H,17-18H2,1-2H3/q2*+1/p-2. The Kier molecular flexibility index (Phi) is 12.9. The van der Waals surface area contributed by atoms with Gasteiger partial charge in [-0.15, -0.1) is 0 Å². The Morgan fingerprint density at radius 3 is 0.814 bits per heavy atom. The van der Waals surface area contributed by atoms with E-state index in [2.05, 4.69) is 21.1 Å². The summed E-state index contributed by atoms with van der Waals surface area (Å²) in [5, 5.41) is 10.6. The van der Waals surface area contributed by atoms with Gasteiger partial charge >= 0.3 is 520 Å². The van der Waals surface area contributed by atoms with E-state index in [0.717, 1.165) is 67.4 Å². The summed E-state index contributed by atoms with van der Waals surface area (Å²) in [5.74, 6) is 4.16. The van der Waals surface area contributed by atoms with E-state index in [9.17, 15) is 0 Å². The van der Waals surface area contributed by atoms with Crippen LogP contribution in [0.4, 0.5) is 0 Å². The third kappa shape index (κ3) is 7.40. The molecular formula is C64H52N8O8S4Si2. The second kappa shape index (κ2) is 20.0. The van der Waals surface area contributed by atoms with E-state index in [-0.39, 0.29) is 0 Å². The normalized spacial score (nSPS) is 19.3. The molecular weight excluding hydrogens is 1190 g/mol. The van der Waals surface area contributed by atoms with Gasteiger partial charge in [0.05, 0.1) is 0 Å². The maximum absolute atomic E-state index is 7.31. The van der Waals surface area contributed by atoms with Crippen LogP contribution < -0.4 is 36.7 Å². The van der Waals surface area contributed by atoms with Gasteiger partial charge in [0.1, 0.15) is 0 Å². The van der Waals surface area contributed by atoms with Crippen LogP contribution in [-0.4, -0.2) is 120 Å². The second-order valence-electron chi connectivity index (χ2n) is 21.0. The molecule has 2 saturated heterocycles. The van der Waals surface area contributed by atoms with Crippen molar-refractivity contribution in [2.45, 2.75) is 0 Å². The van der Waals surface area contributed by atoms with Gasteiger partial charge in [-0.05, 0) is 0 Å². The predicted molar refractivity (Wildman–Crippen MR) is 344 cm³/mol. The zero-order valence-corrected chi connectivity index (χ0v) is 52.0. The number of isothiocyanates is 2. The number of fused-ring (bicyclic) bond motifs is 4. The van der Waals surface area contributed by atoms with E-state index in [1.165, 1.54) is 0 Å². The van der Waals surface area contributed by atoms with Crippen molar-refractivity contribution in [3.63, 3.8) is 0 Å². The van der Waals surface area contributed by atoms with Crippen LogP contribution in [0.1, 0.15) is 44.5 Å². The quantitative estimate of drug-likeness (QED) is 0.0426. The van der Waals surface area contributed by atoms with Gasteiger partial charge < -0.3 is 0 Å². The Morgan fingerprint density at radius 2 is 0.616 bits per heavy atom. The summed E-state index contributed by atoms with van der Waals surface area (Å²) in [7, 11) is -6.02. The van der Waals surface area contributed by atoms with E-state index >= 15 is 0 Å². The van der Waals surface area contributed by atoms with E-state index in [1.807, 2.05) is 211 Å². The van der Waals surface area contributed by atoms with Crippen LogP contribution in [0.25, 0.3) is 9.02 Å². The van der Waals surface area contributed by atoms with Crippen molar-refractivity contribution in [3.8, 4) is 56.8 Å². The van der Waals surface area contributed by atoms with Crippen molar-refractivity contribution >= 4 is 98.4 Å². The Balaban J connectivity index is 0.000000160. The summed E-state index contributed by atoms with van der Waals surface area (Å²) >= 11 is 21.7. The fraction of sp³-hybridized carbons (Fsp3) is 0.125. The SMILES string of the molecule is COc1ccc2c(c1)O[Si-2]13(N=C=S)([N+]#C[S-])Oc4cc(OC)ccc4C(c4ccccc4)=[N+]1CC[N+]3=C2c1ccccc1.COc1ccc2c(c1)O[Si-2]13(N=C=S)([N+]#C[S-])Oc4cc(OC)ccc4C(c4ccccc4)=[N+]1CC[N+]3=C2c1ccccc1. The molecule has 0 aromatic heterocycles. The molecule has 2 fully saturated rings. The van der Waals surface area contributed by atoms with Gasteiger partial charge in [0.25, 0.3) is 0 Å². The summed E-state index contributed by atoms with van der Waals surface area (Å²) in [4.78, 5) is 0. The molecule has 0 bridgehead atoms. The molecule has 6 aliphatic heterocycles. The van der Waals surface area contributed by atoms with Gasteiger partial charge in [0.2, 0.25) is 0 Å². The van der Waals surface area contributed by atoms with Crippen molar-refractivity contribution in [1.82, 2.24) is 0 Å². The molecule has 16 nitrogen and oxygen atoms in total. The molecule has 0 aliphatic carbocycles. The number of thiocarbonyl (C=S) groups is 2. The van der Waals surface area contributed by atoms with Gasteiger partial charge in [0.15, 0.2) is 0 Å². The van der Waals surface area contributed by atoms with Crippen LogP contribution in [0.5, 0.6) is 46.0 Å². The van der Waals surface area contributed by atoms with Gasteiger partial charge in [0, 0.05) is 0 Å². The molecule has 2 spiro atoms. The first kappa shape index (κ1) is 55.5. The fourth-order valence-electron chi connectivity index (χ4n) is 13.5. The first-order chi connectivity index (χ1) is 41.9. The molecule has 0 saturated carbocycles. The number of ether oxygens (including phenoxy) is 4. The summed E-state index contributed by atoms with van der Waals surface area (Å²) in [6.07, 6.45) is 0. The molecule has 0 atom stereocenters. The molecule has 14 rings (SSSR count). The molecule has 6 aliphatic rings. The predicted octanol–water partition coefficient (Wildman–Crippen LogP) is 10.4. The molecule has 22 heteroatoms. The Morgan fingerprint density at radius 1 is 0.384 bits per heavy atom. The van der Waals surface area contributed by atoms with E-state index < -0.39 is 15.5 Å². The summed E-state index contributed by atoms with van der Waals surface area (Å²) in [6, 6.07) is 62.7. The molecule has 0 amide bonds. The third-order valence-corrected chi connectivity index (χ3v) is 29.5. The molecule has 8 aromatic carbocycles. The van der Waals surface area contributed by atoms with E-state index in [1.54, 1.807) is 28.4 Å². The molecule has 0 radical (unpaired) electrons. The topological polar surface area (TPSA) is 119 Å². The van der Waals surface area contributed by atoms with Gasteiger partial charge in [-0.3, -0.25) is 0 Å². The monoisotopic (exact) mass is 1240 g/mol. The number of benzene rings is 8. The van der Waals surface area contributed by atoms with Gasteiger partial charge in [-0.25, -0.2) is 0 Å². The van der Waals surface area contributed by atoms with Crippen LogP contribution >= 0.6 is 24.4 Å². The molecule has 428 valence electrons. The van der Waals surface area contributed by atoms with Crippen molar-refractivity contribution in [2.75, 3.05) is 54.6 Å². The molecule has 8 aromatic rings. The molecule has 0 unspecified atom stereocenters. The maximum atomic E-state index is 7.31. The van der Waals surface area contributed by atoms with Crippen LogP contribution in [0, 0.1) is 10.8 Å². The average molecular weight is 1250 g/mol. The number of nitrogens with zero attached hydrogens (tertiary/aromatic N) is 8. The minimum absolute atomic E-state index is 0.419.